The minimum atomic E-state index is -3.79. The standard InChI is InChI=1S/C15H23N3O4S.ClH/c1-10-7-12(18(19)20)8-13(11(10)2)23(21,22)17-6-5-14(16)15(3,4)9-17;/h7-8,14H,5-6,9,16H2,1-4H3;1H. The fraction of sp³-hybridized carbons (Fsp3) is 0.600. The first-order chi connectivity index (χ1) is 10.5. The monoisotopic (exact) mass is 377 g/mol. The molecule has 1 saturated heterocycles. The average molecular weight is 378 g/mol. The van der Waals surface area contributed by atoms with Crippen LogP contribution in [0.5, 0.6) is 0 Å². The Balaban J connectivity index is 0.00000288. The van der Waals surface area contributed by atoms with Crippen LogP contribution in [0.25, 0.3) is 0 Å². The van der Waals surface area contributed by atoms with Crippen LogP contribution in [0.1, 0.15) is 31.4 Å². The Morgan fingerprint density at radius 2 is 1.92 bits per heavy atom. The molecule has 1 heterocycles. The molecule has 0 spiro atoms. The van der Waals surface area contributed by atoms with E-state index in [1.54, 1.807) is 13.8 Å². The van der Waals surface area contributed by atoms with Crippen LogP contribution >= 0.6 is 12.4 Å². The van der Waals surface area contributed by atoms with Crippen LogP contribution in [-0.2, 0) is 10.0 Å². The predicted molar refractivity (Wildman–Crippen MR) is 95.0 cm³/mol. The molecular formula is C15H24ClN3O4S. The summed E-state index contributed by atoms with van der Waals surface area (Å²) in [6.07, 6.45) is 0.569. The quantitative estimate of drug-likeness (QED) is 0.642. The van der Waals surface area contributed by atoms with Gasteiger partial charge in [-0.3, -0.25) is 10.1 Å². The number of halogens is 1. The molecule has 2 rings (SSSR count). The lowest BCUT2D eigenvalue weighted by Gasteiger charge is -2.41. The SMILES string of the molecule is Cc1cc([N+](=O)[O-])cc(S(=O)(=O)N2CCC(N)C(C)(C)C2)c1C.Cl. The number of nitrogens with zero attached hydrogens (tertiary/aromatic N) is 2. The Morgan fingerprint density at radius 3 is 2.42 bits per heavy atom. The molecule has 1 unspecified atom stereocenters. The van der Waals surface area contributed by atoms with Crippen molar-refractivity contribution in [2.75, 3.05) is 13.1 Å². The highest BCUT2D eigenvalue weighted by molar-refractivity contribution is 7.89. The average Bonchev–Trinajstić information content (AvgIpc) is 2.43. The Labute approximate surface area is 148 Å². The van der Waals surface area contributed by atoms with E-state index in [0.29, 0.717) is 30.6 Å². The summed E-state index contributed by atoms with van der Waals surface area (Å²) < 4.78 is 27.4. The summed E-state index contributed by atoms with van der Waals surface area (Å²) in [7, 11) is -3.79. The van der Waals surface area contributed by atoms with Gasteiger partial charge in [-0.1, -0.05) is 13.8 Å². The number of aryl methyl sites for hydroxylation is 1. The number of hydrogen-bond acceptors (Lipinski definition) is 5. The summed E-state index contributed by atoms with van der Waals surface area (Å²) in [5.41, 5.74) is 6.65. The zero-order valence-electron chi connectivity index (χ0n) is 14.3. The molecule has 0 saturated carbocycles. The van der Waals surface area contributed by atoms with E-state index in [4.69, 9.17) is 5.73 Å². The smallest absolute Gasteiger partial charge is 0.271 e. The van der Waals surface area contributed by atoms with Crippen molar-refractivity contribution in [3.05, 3.63) is 33.4 Å². The van der Waals surface area contributed by atoms with E-state index in [9.17, 15) is 18.5 Å². The molecule has 0 amide bonds. The Kier molecular flexibility index (Phi) is 6.03. The minimum absolute atomic E-state index is 0. The molecule has 2 N–H and O–H groups in total. The zero-order chi connectivity index (χ0) is 17.6. The lowest BCUT2D eigenvalue weighted by atomic mass is 9.81. The number of non-ortho nitro benzene ring substituents is 1. The fourth-order valence-corrected chi connectivity index (χ4v) is 4.80. The summed E-state index contributed by atoms with van der Waals surface area (Å²) >= 11 is 0. The van der Waals surface area contributed by atoms with Gasteiger partial charge in [0.2, 0.25) is 10.0 Å². The second-order valence-electron chi connectivity index (χ2n) is 6.87. The van der Waals surface area contributed by atoms with Crippen LogP contribution in [0.2, 0.25) is 0 Å². The maximum Gasteiger partial charge on any atom is 0.271 e. The maximum absolute atomic E-state index is 13.0. The third-order valence-electron chi connectivity index (χ3n) is 4.71. The molecular weight excluding hydrogens is 354 g/mol. The Morgan fingerprint density at radius 1 is 1.33 bits per heavy atom. The van der Waals surface area contributed by atoms with Crippen molar-refractivity contribution in [2.45, 2.75) is 45.1 Å². The molecule has 7 nitrogen and oxygen atoms in total. The van der Waals surface area contributed by atoms with Crippen molar-refractivity contribution in [3.63, 3.8) is 0 Å². The molecule has 1 atom stereocenters. The number of hydrogen-bond donors (Lipinski definition) is 1. The fourth-order valence-electron chi connectivity index (χ4n) is 2.85. The van der Waals surface area contributed by atoms with Crippen LogP contribution in [0, 0.1) is 29.4 Å². The third-order valence-corrected chi connectivity index (χ3v) is 6.68. The Hall–Kier alpha value is -1.22. The van der Waals surface area contributed by atoms with Gasteiger partial charge in [-0.05, 0) is 36.8 Å². The molecule has 136 valence electrons. The van der Waals surface area contributed by atoms with Gasteiger partial charge < -0.3 is 5.73 Å². The molecule has 0 aromatic heterocycles. The topological polar surface area (TPSA) is 107 Å². The first kappa shape index (κ1) is 20.8. The maximum atomic E-state index is 13.0. The van der Waals surface area contributed by atoms with E-state index in [1.807, 2.05) is 13.8 Å². The number of nitro benzene ring substituents is 1. The normalized spacial score (nSPS) is 21.1. The molecule has 0 aliphatic carbocycles. The van der Waals surface area contributed by atoms with E-state index in [1.165, 1.54) is 10.4 Å². The summed E-state index contributed by atoms with van der Waals surface area (Å²) in [6, 6.07) is 2.48. The van der Waals surface area contributed by atoms with E-state index < -0.39 is 14.9 Å². The second-order valence-corrected chi connectivity index (χ2v) is 8.77. The number of nitrogens with two attached hydrogens (primary N) is 1. The van der Waals surface area contributed by atoms with Crippen LogP contribution in [0.15, 0.2) is 17.0 Å². The number of nitro groups is 1. The summed E-state index contributed by atoms with van der Waals surface area (Å²) in [5, 5.41) is 11.0. The van der Waals surface area contributed by atoms with E-state index in [0.717, 1.165) is 6.07 Å². The second kappa shape index (κ2) is 6.95. The van der Waals surface area contributed by atoms with Crippen molar-refractivity contribution in [3.8, 4) is 0 Å². The number of benzene rings is 1. The molecule has 1 fully saturated rings. The molecule has 9 heteroatoms. The van der Waals surface area contributed by atoms with Crippen LogP contribution < -0.4 is 5.73 Å². The van der Waals surface area contributed by atoms with Crippen molar-refractivity contribution < 1.29 is 13.3 Å². The number of sulfonamides is 1. The highest BCUT2D eigenvalue weighted by atomic mass is 35.5. The highest BCUT2D eigenvalue weighted by Gasteiger charge is 2.39. The van der Waals surface area contributed by atoms with Gasteiger partial charge in [0.1, 0.15) is 0 Å². The number of rotatable bonds is 3. The van der Waals surface area contributed by atoms with Gasteiger partial charge in [0, 0.05) is 31.3 Å². The predicted octanol–water partition coefficient (Wildman–Crippen LogP) is 2.38. The van der Waals surface area contributed by atoms with Crippen LogP contribution in [-0.4, -0.2) is 36.8 Å². The molecule has 1 aliphatic rings. The van der Waals surface area contributed by atoms with Gasteiger partial charge >= 0.3 is 0 Å². The van der Waals surface area contributed by atoms with Crippen LogP contribution in [0.3, 0.4) is 0 Å². The van der Waals surface area contributed by atoms with Gasteiger partial charge in [0.25, 0.3) is 5.69 Å². The van der Waals surface area contributed by atoms with E-state index in [2.05, 4.69) is 0 Å². The first-order valence-corrected chi connectivity index (χ1v) is 8.92. The first-order valence-electron chi connectivity index (χ1n) is 7.48. The van der Waals surface area contributed by atoms with Gasteiger partial charge in [-0.25, -0.2) is 8.42 Å². The van der Waals surface area contributed by atoms with Gasteiger partial charge in [-0.2, -0.15) is 4.31 Å². The summed E-state index contributed by atoms with van der Waals surface area (Å²) in [6.45, 7) is 7.85. The van der Waals surface area contributed by atoms with Crippen molar-refractivity contribution in [2.24, 2.45) is 11.1 Å². The highest BCUT2D eigenvalue weighted by Crippen LogP contribution is 2.33. The number of piperidine rings is 1. The summed E-state index contributed by atoms with van der Waals surface area (Å²) in [5.74, 6) is 0. The molecule has 1 aliphatic heterocycles. The lowest BCUT2D eigenvalue weighted by Crippen LogP contribution is -2.53. The lowest BCUT2D eigenvalue weighted by molar-refractivity contribution is -0.385. The van der Waals surface area contributed by atoms with E-state index >= 15 is 0 Å². The molecule has 1 aromatic rings. The van der Waals surface area contributed by atoms with Crippen molar-refractivity contribution >= 4 is 28.1 Å². The molecule has 0 bridgehead atoms. The van der Waals surface area contributed by atoms with Gasteiger partial charge in [-0.15, -0.1) is 12.4 Å². The van der Waals surface area contributed by atoms with Crippen molar-refractivity contribution in [1.82, 2.24) is 4.31 Å². The Bertz CT molecular complexity index is 749. The third kappa shape index (κ3) is 3.72. The zero-order valence-corrected chi connectivity index (χ0v) is 15.9. The summed E-state index contributed by atoms with van der Waals surface area (Å²) in [4.78, 5) is 10.5. The molecule has 0 radical (unpaired) electrons. The van der Waals surface area contributed by atoms with E-state index in [-0.39, 0.29) is 34.4 Å². The van der Waals surface area contributed by atoms with Gasteiger partial charge in [0.15, 0.2) is 0 Å². The molecule has 24 heavy (non-hydrogen) atoms. The molecule has 1 aromatic carbocycles. The van der Waals surface area contributed by atoms with Crippen LogP contribution in [0.4, 0.5) is 5.69 Å². The van der Waals surface area contributed by atoms with Crippen molar-refractivity contribution in [1.29, 1.82) is 0 Å². The van der Waals surface area contributed by atoms with Gasteiger partial charge in [0.05, 0.1) is 9.82 Å². The minimum Gasteiger partial charge on any atom is -0.327 e. The largest absolute Gasteiger partial charge is 0.327 e.